The van der Waals surface area contributed by atoms with Crippen molar-refractivity contribution in [2.45, 2.75) is 12.8 Å². The lowest BCUT2D eigenvalue weighted by Crippen LogP contribution is -2.40. The van der Waals surface area contributed by atoms with Gasteiger partial charge in [0.2, 0.25) is 0 Å². The molecule has 0 aromatic heterocycles. The number of benzene rings is 2. The van der Waals surface area contributed by atoms with Crippen molar-refractivity contribution in [3.05, 3.63) is 64.7 Å². The Bertz CT molecular complexity index is 904. The van der Waals surface area contributed by atoms with Gasteiger partial charge in [-0.25, -0.2) is 0 Å². The highest BCUT2D eigenvalue weighted by Gasteiger charge is 2.24. The van der Waals surface area contributed by atoms with Crippen molar-refractivity contribution in [3.8, 4) is 5.75 Å². The van der Waals surface area contributed by atoms with Gasteiger partial charge >= 0.3 is 0 Å². The van der Waals surface area contributed by atoms with Crippen molar-refractivity contribution >= 4 is 23.4 Å². The first-order valence-electron chi connectivity index (χ1n) is 10.7. The first-order valence-corrected chi connectivity index (χ1v) is 11.1. The summed E-state index contributed by atoms with van der Waals surface area (Å²) < 4.78 is 11.3. The maximum Gasteiger partial charge on any atom is 0.254 e. The van der Waals surface area contributed by atoms with Gasteiger partial charge in [-0.3, -0.25) is 9.59 Å². The van der Waals surface area contributed by atoms with E-state index >= 15 is 0 Å². The number of hydrogen-bond donors (Lipinski definition) is 0. The van der Waals surface area contributed by atoms with Crippen LogP contribution in [-0.4, -0.2) is 67.6 Å². The lowest BCUT2D eigenvalue weighted by Gasteiger charge is -2.32. The fraction of sp³-hybridized carbons (Fsp3) is 0.417. The van der Waals surface area contributed by atoms with Crippen LogP contribution in [0.15, 0.2) is 48.5 Å². The molecular formula is C24H27ClN2O4. The van der Waals surface area contributed by atoms with E-state index in [0.29, 0.717) is 68.1 Å². The zero-order valence-electron chi connectivity index (χ0n) is 17.5. The summed E-state index contributed by atoms with van der Waals surface area (Å²) >= 11 is 6.00. The van der Waals surface area contributed by atoms with E-state index in [1.165, 1.54) is 0 Å². The van der Waals surface area contributed by atoms with Crippen LogP contribution in [0.1, 0.15) is 33.6 Å². The monoisotopic (exact) mass is 442 g/mol. The number of ether oxygens (including phenoxy) is 2. The van der Waals surface area contributed by atoms with E-state index in [0.717, 1.165) is 18.6 Å². The topological polar surface area (TPSA) is 59.1 Å². The molecule has 0 spiro atoms. The smallest absolute Gasteiger partial charge is 0.254 e. The molecule has 2 aliphatic rings. The molecule has 0 bridgehead atoms. The van der Waals surface area contributed by atoms with E-state index in [-0.39, 0.29) is 11.8 Å². The van der Waals surface area contributed by atoms with Crippen molar-refractivity contribution in [1.82, 2.24) is 9.80 Å². The number of morpholine rings is 1. The maximum atomic E-state index is 12.6. The molecule has 2 saturated heterocycles. The standard InChI is InChI=1S/C24H27ClN2O4/c25-21-3-1-2-20(16-21)24(29)26-10-8-18(9-11-26)17-31-22-6-4-19(5-7-22)23(28)27-12-14-30-15-13-27/h1-7,16,18H,8-15,17H2. The molecule has 7 heteroatoms. The third kappa shape index (κ3) is 5.57. The molecule has 6 nitrogen and oxygen atoms in total. The molecule has 0 radical (unpaired) electrons. The van der Waals surface area contributed by atoms with E-state index in [2.05, 4.69) is 0 Å². The Morgan fingerprint density at radius 2 is 1.55 bits per heavy atom. The highest BCUT2D eigenvalue weighted by atomic mass is 35.5. The minimum absolute atomic E-state index is 0.0300. The van der Waals surface area contributed by atoms with E-state index in [1.54, 1.807) is 24.3 Å². The molecule has 2 aromatic carbocycles. The Hall–Kier alpha value is -2.57. The average molecular weight is 443 g/mol. The maximum absolute atomic E-state index is 12.6. The molecule has 0 aliphatic carbocycles. The van der Waals surface area contributed by atoms with Crippen LogP contribution in [0.3, 0.4) is 0 Å². The fourth-order valence-electron chi connectivity index (χ4n) is 3.96. The molecule has 0 unspecified atom stereocenters. The highest BCUT2D eigenvalue weighted by molar-refractivity contribution is 6.30. The minimum atomic E-state index is 0.0300. The summed E-state index contributed by atoms with van der Waals surface area (Å²) in [6, 6.07) is 14.4. The number of carbonyl (C=O) groups is 2. The van der Waals surface area contributed by atoms with Gasteiger partial charge in [0.05, 0.1) is 19.8 Å². The largest absolute Gasteiger partial charge is 0.493 e. The van der Waals surface area contributed by atoms with E-state index < -0.39 is 0 Å². The van der Waals surface area contributed by atoms with Gasteiger partial charge in [0, 0.05) is 42.3 Å². The van der Waals surface area contributed by atoms with Gasteiger partial charge in [0.25, 0.3) is 11.8 Å². The number of halogens is 1. The number of rotatable bonds is 5. The number of carbonyl (C=O) groups excluding carboxylic acids is 2. The summed E-state index contributed by atoms with van der Waals surface area (Å²) in [4.78, 5) is 28.9. The van der Waals surface area contributed by atoms with Crippen LogP contribution in [-0.2, 0) is 4.74 Å². The molecular weight excluding hydrogens is 416 g/mol. The molecule has 2 amide bonds. The molecule has 164 valence electrons. The second kappa shape index (κ2) is 10.2. The van der Waals surface area contributed by atoms with Gasteiger partial charge in [0.1, 0.15) is 5.75 Å². The lowest BCUT2D eigenvalue weighted by molar-refractivity contribution is 0.0303. The first-order chi connectivity index (χ1) is 15.1. The molecule has 0 saturated carbocycles. The van der Waals surface area contributed by atoms with Crippen LogP contribution in [0.4, 0.5) is 0 Å². The number of hydrogen-bond acceptors (Lipinski definition) is 4. The number of piperidine rings is 1. The third-order valence-electron chi connectivity index (χ3n) is 5.86. The Morgan fingerprint density at radius 3 is 2.23 bits per heavy atom. The summed E-state index contributed by atoms with van der Waals surface area (Å²) in [6.45, 7) is 4.49. The van der Waals surface area contributed by atoms with Crippen LogP contribution in [0.2, 0.25) is 5.02 Å². The number of amides is 2. The molecule has 2 aromatic rings. The van der Waals surface area contributed by atoms with Gasteiger partial charge < -0.3 is 19.3 Å². The summed E-state index contributed by atoms with van der Waals surface area (Å²) in [5.74, 6) is 1.23. The summed E-state index contributed by atoms with van der Waals surface area (Å²) in [5, 5.41) is 0.576. The van der Waals surface area contributed by atoms with Crippen molar-refractivity contribution in [2.24, 2.45) is 5.92 Å². The van der Waals surface area contributed by atoms with Crippen molar-refractivity contribution in [3.63, 3.8) is 0 Å². The summed E-state index contributed by atoms with van der Waals surface area (Å²) in [7, 11) is 0. The molecule has 31 heavy (non-hydrogen) atoms. The Morgan fingerprint density at radius 1 is 0.903 bits per heavy atom. The van der Waals surface area contributed by atoms with Gasteiger partial charge in [-0.1, -0.05) is 17.7 Å². The summed E-state index contributed by atoms with van der Waals surface area (Å²) in [6.07, 6.45) is 1.81. The SMILES string of the molecule is O=C(c1ccc(OCC2CCN(C(=O)c3cccc(Cl)c3)CC2)cc1)N1CCOCC1. The van der Waals surface area contributed by atoms with Gasteiger partial charge in [-0.2, -0.15) is 0 Å². The van der Waals surface area contributed by atoms with Gasteiger partial charge in [-0.15, -0.1) is 0 Å². The quantitative estimate of drug-likeness (QED) is 0.707. The molecule has 2 heterocycles. The Labute approximate surface area is 187 Å². The van der Waals surface area contributed by atoms with E-state index in [9.17, 15) is 9.59 Å². The third-order valence-corrected chi connectivity index (χ3v) is 6.09. The Kier molecular flexibility index (Phi) is 7.10. The predicted molar refractivity (Wildman–Crippen MR) is 119 cm³/mol. The fourth-order valence-corrected chi connectivity index (χ4v) is 4.15. The van der Waals surface area contributed by atoms with Crippen molar-refractivity contribution in [1.29, 1.82) is 0 Å². The number of likely N-dealkylation sites (tertiary alicyclic amines) is 1. The zero-order valence-corrected chi connectivity index (χ0v) is 18.2. The summed E-state index contributed by atoms with van der Waals surface area (Å²) in [5.41, 5.74) is 1.30. The minimum Gasteiger partial charge on any atom is -0.493 e. The zero-order chi connectivity index (χ0) is 21.6. The van der Waals surface area contributed by atoms with Crippen LogP contribution >= 0.6 is 11.6 Å². The molecule has 4 rings (SSSR count). The molecule has 2 fully saturated rings. The van der Waals surface area contributed by atoms with Gasteiger partial charge in [-0.05, 0) is 61.2 Å². The first kappa shape index (κ1) is 21.7. The van der Waals surface area contributed by atoms with Crippen LogP contribution in [0.5, 0.6) is 5.75 Å². The predicted octanol–water partition coefficient (Wildman–Crippen LogP) is 3.74. The highest BCUT2D eigenvalue weighted by Crippen LogP contribution is 2.22. The number of nitrogens with zero attached hydrogens (tertiary/aromatic N) is 2. The average Bonchev–Trinajstić information content (AvgIpc) is 2.83. The van der Waals surface area contributed by atoms with E-state index in [1.807, 2.05) is 34.1 Å². The van der Waals surface area contributed by atoms with E-state index in [4.69, 9.17) is 21.1 Å². The lowest BCUT2D eigenvalue weighted by atomic mass is 9.97. The van der Waals surface area contributed by atoms with Crippen molar-refractivity contribution in [2.75, 3.05) is 46.0 Å². The van der Waals surface area contributed by atoms with Crippen LogP contribution in [0, 0.1) is 5.92 Å². The van der Waals surface area contributed by atoms with Crippen LogP contribution in [0.25, 0.3) is 0 Å². The van der Waals surface area contributed by atoms with Gasteiger partial charge in [0.15, 0.2) is 0 Å². The van der Waals surface area contributed by atoms with Crippen molar-refractivity contribution < 1.29 is 19.1 Å². The molecule has 2 aliphatic heterocycles. The molecule has 0 atom stereocenters. The normalized spacial score (nSPS) is 17.5. The Balaban J connectivity index is 1.23. The van der Waals surface area contributed by atoms with Crippen LogP contribution < -0.4 is 4.74 Å². The second-order valence-electron chi connectivity index (χ2n) is 7.99. The second-order valence-corrected chi connectivity index (χ2v) is 8.42. The molecule has 0 N–H and O–H groups in total.